The smallest absolute Gasteiger partial charge is 0.409 e. The maximum absolute atomic E-state index is 12.7. The first-order valence-electron chi connectivity index (χ1n) is 11.6. The number of ether oxygens (including phenoxy) is 1. The van der Waals surface area contributed by atoms with Gasteiger partial charge in [0.25, 0.3) is 0 Å². The number of likely N-dealkylation sites (tertiary alicyclic amines) is 2. The van der Waals surface area contributed by atoms with Crippen LogP contribution in [0.5, 0.6) is 0 Å². The molecule has 2 saturated heterocycles. The summed E-state index contributed by atoms with van der Waals surface area (Å²) in [6.07, 6.45) is 3.47. The molecule has 0 unspecified atom stereocenters. The molecule has 2 aliphatic heterocycles. The predicted molar refractivity (Wildman–Crippen MR) is 134 cm³/mol. The van der Waals surface area contributed by atoms with Gasteiger partial charge in [-0.05, 0) is 49.9 Å². The molecule has 0 radical (unpaired) electrons. The van der Waals surface area contributed by atoms with Gasteiger partial charge in [-0.2, -0.15) is 13.5 Å². The van der Waals surface area contributed by atoms with E-state index in [1.807, 2.05) is 34.9 Å². The normalized spacial score (nSPS) is 19.5. The fourth-order valence-corrected chi connectivity index (χ4v) is 5.11. The zero-order valence-electron chi connectivity index (χ0n) is 18.8. The quantitative estimate of drug-likeness (QED) is 0.617. The number of rotatable bonds is 5. The Morgan fingerprint density at radius 1 is 0.970 bits per heavy atom. The standard InChI is InChI=1S/C25H30N4O3.H2S/c30-24-26-22-10-4-5-11-23(22)29(24)20-12-15-27(16-13-20)25(31)32-18-21-9-6-14-28(21)17-19-7-2-1-3-8-19;/h1-5,7-8,10-11,20-21H,6,9,12-18H2,(H,26,30);1H2/t21-;/m0./s1. The number of H-pyrrole nitrogens is 1. The van der Waals surface area contributed by atoms with Crippen molar-refractivity contribution in [3.8, 4) is 0 Å². The number of imidazole rings is 1. The van der Waals surface area contributed by atoms with E-state index in [9.17, 15) is 9.59 Å². The lowest BCUT2D eigenvalue weighted by atomic mass is 10.0. The van der Waals surface area contributed by atoms with Crippen molar-refractivity contribution in [2.75, 3.05) is 26.2 Å². The molecule has 3 heterocycles. The van der Waals surface area contributed by atoms with Gasteiger partial charge in [0.1, 0.15) is 6.61 Å². The molecule has 8 heteroatoms. The first-order chi connectivity index (χ1) is 15.7. The first kappa shape index (κ1) is 23.4. The van der Waals surface area contributed by atoms with Gasteiger partial charge in [-0.3, -0.25) is 9.47 Å². The van der Waals surface area contributed by atoms with Gasteiger partial charge in [0, 0.05) is 31.7 Å². The summed E-state index contributed by atoms with van der Waals surface area (Å²) in [5.41, 5.74) is 3.00. The Morgan fingerprint density at radius 3 is 2.48 bits per heavy atom. The van der Waals surface area contributed by atoms with Crippen LogP contribution >= 0.6 is 13.5 Å². The van der Waals surface area contributed by atoms with Gasteiger partial charge < -0.3 is 14.6 Å². The van der Waals surface area contributed by atoms with Crippen LogP contribution in [0, 0.1) is 0 Å². The number of nitrogens with zero attached hydrogens (tertiary/aromatic N) is 3. The van der Waals surface area contributed by atoms with Crippen LogP contribution in [0.2, 0.25) is 0 Å². The molecule has 1 atom stereocenters. The number of amides is 1. The van der Waals surface area contributed by atoms with Crippen LogP contribution in [0.15, 0.2) is 59.4 Å². The van der Waals surface area contributed by atoms with Crippen molar-refractivity contribution in [1.82, 2.24) is 19.4 Å². The van der Waals surface area contributed by atoms with Gasteiger partial charge in [-0.1, -0.05) is 42.5 Å². The van der Waals surface area contributed by atoms with Crippen molar-refractivity contribution in [1.29, 1.82) is 0 Å². The predicted octanol–water partition coefficient (Wildman–Crippen LogP) is 3.88. The maximum atomic E-state index is 12.7. The zero-order chi connectivity index (χ0) is 21.9. The maximum Gasteiger partial charge on any atom is 0.409 e. The van der Waals surface area contributed by atoms with E-state index < -0.39 is 0 Å². The van der Waals surface area contributed by atoms with Gasteiger partial charge in [-0.25, -0.2) is 9.59 Å². The fourth-order valence-electron chi connectivity index (χ4n) is 5.11. The molecule has 1 aromatic heterocycles. The highest BCUT2D eigenvalue weighted by Crippen LogP contribution is 2.26. The van der Waals surface area contributed by atoms with Crippen LogP contribution in [0.1, 0.15) is 37.3 Å². The lowest BCUT2D eigenvalue weighted by Crippen LogP contribution is -2.42. The van der Waals surface area contributed by atoms with Crippen molar-refractivity contribution in [3.63, 3.8) is 0 Å². The lowest BCUT2D eigenvalue weighted by molar-refractivity contribution is 0.0652. The van der Waals surface area contributed by atoms with E-state index in [1.54, 1.807) is 4.90 Å². The molecule has 2 fully saturated rings. The summed E-state index contributed by atoms with van der Waals surface area (Å²) in [6.45, 7) is 3.59. The second-order valence-electron chi connectivity index (χ2n) is 8.86. The van der Waals surface area contributed by atoms with E-state index in [-0.39, 0.29) is 37.4 Å². The third kappa shape index (κ3) is 5.12. The van der Waals surface area contributed by atoms with Crippen molar-refractivity contribution in [3.05, 3.63) is 70.6 Å². The van der Waals surface area contributed by atoms with Crippen molar-refractivity contribution in [2.45, 2.75) is 44.3 Å². The summed E-state index contributed by atoms with van der Waals surface area (Å²) in [6, 6.07) is 18.6. The number of nitrogens with one attached hydrogen (secondary N) is 1. The molecular weight excluding hydrogens is 436 g/mol. The molecule has 0 aliphatic carbocycles. The Kier molecular flexibility index (Phi) is 7.45. The molecule has 5 rings (SSSR count). The lowest BCUT2D eigenvalue weighted by Gasteiger charge is -2.32. The molecule has 3 aromatic rings. The summed E-state index contributed by atoms with van der Waals surface area (Å²) >= 11 is 0. The summed E-state index contributed by atoms with van der Waals surface area (Å²) in [7, 11) is 0. The third-order valence-corrected chi connectivity index (χ3v) is 6.84. The number of benzene rings is 2. The molecule has 0 saturated carbocycles. The molecule has 0 bridgehead atoms. The van der Waals surface area contributed by atoms with Crippen LogP contribution in [0.3, 0.4) is 0 Å². The van der Waals surface area contributed by atoms with Gasteiger partial charge >= 0.3 is 11.8 Å². The second kappa shape index (κ2) is 10.5. The Hall–Kier alpha value is -2.71. The third-order valence-electron chi connectivity index (χ3n) is 6.84. The van der Waals surface area contributed by atoms with Crippen LogP contribution < -0.4 is 5.69 Å². The number of aromatic amines is 1. The average Bonchev–Trinajstić information content (AvgIpc) is 3.41. The summed E-state index contributed by atoms with van der Waals surface area (Å²) < 4.78 is 7.57. The number of piperidine rings is 1. The van der Waals surface area contributed by atoms with E-state index in [1.165, 1.54) is 5.56 Å². The number of hydrogen-bond acceptors (Lipinski definition) is 4. The number of carbonyl (C=O) groups is 1. The second-order valence-corrected chi connectivity index (χ2v) is 8.86. The fraction of sp³-hybridized carbons (Fsp3) is 0.440. The largest absolute Gasteiger partial charge is 0.448 e. The number of para-hydroxylation sites is 2. The summed E-state index contributed by atoms with van der Waals surface area (Å²) in [5.74, 6) is 0. The minimum absolute atomic E-state index is 0. The number of hydrogen-bond donors (Lipinski definition) is 1. The highest BCUT2D eigenvalue weighted by Gasteiger charge is 2.29. The first-order valence-corrected chi connectivity index (χ1v) is 11.6. The topological polar surface area (TPSA) is 70.6 Å². The number of carbonyl (C=O) groups excluding carboxylic acids is 1. The van der Waals surface area contributed by atoms with Gasteiger partial charge in [0.2, 0.25) is 0 Å². The van der Waals surface area contributed by atoms with Gasteiger partial charge in [0.05, 0.1) is 11.0 Å². The molecule has 2 aliphatic rings. The molecular formula is C25H32N4O3S. The highest BCUT2D eigenvalue weighted by molar-refractivity contribution is 7.59. The van der Waals surface area contributed by atoms with Crippen LogP contribution in [0.4, 0.5) is 4.79 Å². The van der Waals surface area contributed by atoms with E-state index >= 15 is 0 Å². The summed E-state index contributed by atoms with van der Waals surface area (Å²) in [5, 5.41) is 0. The molecule has 176 valence electrons. The Bertz CT molecular complexity index is 1120. The average molecular weight is 469 g/mol. The molecule has 33 heavy (non-hydrogen) atoms. The highest BCUT2D eigenvalue weighted by atomic mass is 32.1. The van der Waals surface area contributed by atoms with Gasteiger partial charge in [0.15, 0.2) is 0 Å². The van der Waals surface area contributed by atoms with E-state index in [4.69, 9.17) is 4.74 Å². The molecule has 7 nitrogen and oxygen atoms in total. The van der Waals surface area contributed by atoms with Crippen LogP contribution in [-0.4, -0.2) is 57.7 Å². The minimum atomic E-state index is -0.235. The Labute approximate surface area is 200 Å². The van der Waals surface area contributed by atoms with Crippen molar-refractivity contribution >= 4 is 30.6 Å². The Balaban J connectivity index is 0.00000259. The summed E-state index contributed by atoms with van der Waals surface area (Å²) in [4.78, 5) is 32.3. The Morgan fingerprint density at radius 2 is 1.70 bits per heavy atom. The molecule has 1 amide bonds. The minimum Gasteiger partial charge on any atom is -0.448 e. The SMILES string of the molecule is O=C(OC[C@@H]1CCCN1Cc1ccccc1)N1CCC(n2c(=O)[nH]c3ccccc32)CC1.S. The van der Waals surface area contributed by atoms with Crippen LogP contribution in [0.25, 0.3) is 11.0 Å². The zero-order valence-corrected chi connectivity index (χ0v) is 19.8. The van der Waals surface area contributed by atoms with Crippen molar-refractivity contribution in [2.24, 2.45) is 0 Å². The number of fused-ring (bicyclic) bond motifs is 1. The van der Waals surface area contributed by atoms with Crippen LogP contribution in [-0.2, 0) is 11.3 Å². The van der Waals surface area contributed by atoms with Gasteiger partial charge in [-0.15, -0.1) is 0 Å². The molecule has 0 spiro atoms. The molecule has 1 N–H and O–H groups in total. The van der Waals surface area contributed by atoms with Crippen molar-refractivity contribution < 1.29 is 9.53 Å². The van der Waals surface area contributed by atoms with E-state index in [2.05, 4.69) is 34.1 Å². The van der Waals surface area contributed by atoms with E-state index in [0.717, 1.165) is 49.8 Å². The van der Waals surface area contributed by atoms with E-state index in [0.29, 0.717) is 19.7 Å². The number of aromatic nitrogens is 2. The molecule has 2 aromatic carbocycles. The monoisotopic (exact) mass is 468 g/mol.